The maximum atomic E-state index is 9.00. The zero-order valence-corrected chi connectivity index (χ0v) is 10.9. The van der Waals surface area contributed by atoms with E-state index in [1.54, 1.807) is 12.1 Å². The summed E-state index contributed by atoms with van der Waals surface area (Å²) in [5.74, 6) is 0.892. The molecule has 0 atom stereocenters. The molecule has 4 N–H and O–H groups in total. The number of nitrogens with two attached hydrogens (primary N) is 2. The number of rotatable bonds is 6. The predicted octanol–water partition coefficient (Wildman–Crippen LogP) is 0.996. The van der Waals surface area contributed by atoms with Crippen LogP contribution in [-0.2, 0) is 0 Å². The first-order valence-corrected chi connectivity index (χ1v) is 5.92. The lowest BCUT2D eigenvalue weighted by molar-refractivity contribution is 0.276. The van der Waals surface area contributed by atoms with E-state index in [-0.39, 0.29) is 0 Å². The predicted molar refractivity (Wildman–Crippen MR) is 68.0 cm³/mol. The molecule has 1 aromatic rings. The Bertz CT molecular complexity index is 418. The highest BCUT2D eigenvalue weighted by Crippen LogP contribution is 2.38. The number of nitriles is 1. The van der Waals surface area contributed by atoms with Crippen molar-refractivity contribution in [3.8, 4) is 17.6 Å². The first-order valence-electron chi connectivity index (χ1n) is 5.13. The van der Waals surface area contributed by atoms with Gasteiger partial charge in [-0.15, -0.1) is 0 Å². The van der Waals surface area contributed by atoms with Crippen LogP contribution in [0.3, 0.4) is 0 Å². The summed E-state index contributed by atoms with van der Waals surface area (Å²) in [6.07, 6.45) is 0. The van der Waals surface area contributed by atoms with E-state index in [1.807, 2.05) is 0 Å². The maximum absolute atomic E-state index is 9.00. The van der Waals surface area contributed by atoms with E-state index in [9.17, 15) is 0 Å². The molecule has 6 heteroatoms. The van der Waals surface area contributed by atoms with Crippen LogP contribution in [-0.4, -0.2) is 26.3 Å². The molecule has 1 aromatic carbocycles. The van der Waals surface area contributed by atoms with E-state index in [4.69, 9.17) is 26.2 Å². The first kappa shape index (κ1) is 13.8. The van der Waals surface area contributed by atoms with Crippen molar-refractivity contribution in [3.05, 3.63) is 22.2 Å². The highest BCUT2D eigenvalue weighted by molar-refractivity contribution is 9.10. The van der Waals surface area contributed by atoms with Gasteiger partial charge in [-0.3, -0.25) is 0 Å². The van der Waals surface area contributed by atoms with Crippen LogP contribution in [0.2, 0.25) is 0 Å². The minimum Gasteiger partial charge on any atom is -0.487 e. The van der Waals surface area contributed by atoms with Gasteiger partial charge in [0.05, 0.1) is 10.0 Å². The van der Waals surface area contributed by atoms with Crippen LogP contribution in [0.5, 0.6) is 11.5 Å². The zero-order chi connectivity index (χ0) is 12.7. The molecule has 17 heavy (non-hydrogen) atoms. The number of hydrogen-bond acceptors (Lipinski definition) is 5. The van der Waals surface area contributed by atoms with Gasteiger partial charge in [0.2, 0.25) is 0 Å². The second-order valence-electron chi connectivity index (χ2n) is 3.14. The minimum atomic E-state index is 0.324. The molecule has 0 heterocycles. The fourth-order valence-electron chi connectivity index (χ4n) is 1.23. The van der Waals surface area contributed by atoms with Gasteiger partial charge < -0.3 is 20.9 Å². The maximum Gasteiger partial charge on any atom is 0.180 e. The van der Waals surface area contributed by atoms with Crippen molar-refractivity contribution in [1.82, 2.24) is 0 Å². The van der Waals surface area contributed by atoms with Crippen LogP contribution >= 0.6 is 15.9 Å². The quantitative estimate of drug-likeness (QED) is 0.817. The Morgan fingerprint density at radius 3 is 2.24 bits per heavy atom. The van der Waals surface area contributed by atoms with Crippen molar-refractivity contribution in [2.24, 2.45) is 11.5 Å². The van der Waals surface area contributed by atoms with Crippen molar-refractivity contribution < 1.29 is 9.47 Å². The van der Waals surface area contributed by atoms with Gasteiger partial charge in [0.25, 0.3) is 0 Å². The molecule has 0 fully saturated rings. The highest BCUT2D eigenvalue weighted by Gasteiger charge is 2.14. The largest absolute Gasteiger partial charge is 0.487 e. The molecule has 0 saturated heterocycles. The lowest BCUT2D eigenvalue weighted by Gasteiger charge is -2.14. The van der Waals surface area contributed by atoms with E-state index >= 15 is 0 Å². The van der Waals surface area contributed by atoms with Crippen molar-refractivity contribution in [2.75, 3.05) is 26.3 Å². The van der Waals surface area contributed by atoms with Crippen molar-refractivity contribution in [3.63, 3.8) is 0 Å². The summed E-state index contributed by atoms with van der Waals surface area (Å²) in [7, 11) is 0. The van der Waals surface area contributed by atoms with Crippen LogP contribution < -0.4 is 20.9 Å². The molecule has 0 bridgehead atoms. The Balaban J connectivity index is 3.08. The Morgan fingerprint density at radius 2 is 1.71 bits per heavy atom. The molecule has 5 nitrogen and oxygen atoms in total. The van der Waals surface area contributed by atoms with Gasteiger partial charge in [0, 0.05) is 13.1 Å². The standard InChI is InChI=1S/C11H14BrN3O2/c12-9-2-1-8(7-15)10(16-5-3-13)11(9)17-6-4-14/h1-2H,3-6,13-14H2. The smallest absolute Gasteiger partial charge is 0.180 e. The van der Waals surface area contributed by atoms with Crippen molar-refractivity contribution in [2.45, 2.75) is 0 Å². The summed E-state index contributed by atoms with van der Waals surface area (Å²) in [6.45, 7) is 1.43. The monoisotopic (exact) mass is 299 g/mol. The van der Waals surface area contributed by atoms with E-state index in [1.165, 1.54) is 0 Å². The van der Waals surface area contributed by atoms with Crippen molar-refractivity contribution in [1.29, 1.82) is 5.26 Å². The average molecular weight is 300 g/mol. The third kappa shape index (κ3) is 3.60. The van der Waals surface area contributed by atoms with Gasteiger partial charge in [0.1, 0.15) is 19.3 Å². The number of ether oxygens (including phenoxy) is 2. The summed E-state index contributed by atoms with van der Waals surface area (Å²) in [5.41, 5.74) is 11.2. The van der Waals surface area contributed by atoms with E-state index < -0.39 is 0 Å². The molecule has 0 aliphatic rings. The highest BCUT2D eigenvalue weighted by atomic mass is 79.9. The van der Waals surface area contributed by atoms with E-state index in [0.717, 1.165) is 4.47 Å². The van der Waals surface area contributed by atoms with Gasteiger partial charge in [0.15, 0.2) is 11.5 Å². The number of halogens is 1. The SMILES string of the molecule is N#Cc1ccc(Br)c(OCCN)c1OCCN. The molecular weight excluding hydrogens is 286 g/mol. The number of nitrogens with zero attached hydrogens (tertiary/aromatic N) is 1. The van der Waals surface area contributed by atoms with Crippen LogP contribution in [0.25, 0.3) is 0 Å². The molecular formula is C11H14BrN3O2. The van der Waals surface area contributed by atoms with Gasteiger partial charge in [-0.1, -0.05) is 0 Å². The topological polar surface area (TPSA) is 94.3 Å². The van der Waals surface area contributed by atoms with Gasteiger partial charge in [-0.2, -0.15) is 5.26 Å². The Labute approximate surface area is 108 Å². The number of hydrogen-bond donors (Lipinski definition) is 2. The normalized spacial score (nSPS) is 9.76. The fourth-order valence-corrected chi connectivity index (χ4v) is 1.65. The van der Waals surface area contributed by atoms with Crippen LogP contribution in [0.4, 0.5) is 0 Å². The molecule has 0 aromatic heterocycles. The van der Waals surface area contributed by atoms with E-state index in [2.05, 4.69) is 22.0 Å². The molecule has 1 rings (SSSR count). The Hall–Kier alpha value is -1.29. The lowest BCUT2D eigenvalue weighted by atomic mass is 10.2. The van der Waals surface area contributed by atoms with Crippen molar-refractivity contribution >= 4 is 15.9 Å². The summed E-state index contributed by atoms with van der Waals surface area (Å²) in [4.78, 5) is 0. The molecule has 92 valence electrons. The second-order valence-corrected chi connectivity index (χ2v) is 3.99. The Kier molecular flexibility index (Phi) is 5.77. The van der Waals surface area contributed by atoms with Crippen LogP contribution in [0.1, 0.15) is 5.56 Å². The van der Waals surface area contributed by atoms with E-state index in [0.29, 0.717) is 43.4 Å². The molecule has 0 aliphatic carbocycles. The summed E-state index contributed by atoms with van der Waals surface area (Å²) < 4.78 is 11.6. The first-order chi connectivity index (χ1) is 8.24. The number of benzene rings is 1. The Morgan fingerprint density at radius 1 is 1.12 bits per heavy atom. The average Bonchev–Trinajstić information content (AvgIpc) is 2.35. The van der Waals surface area contributed by atoms with Crippen LogP contribution in [0, 0.1) is 11.3 Å². The third-order valence-electron chi connectivity index (χ3n) is 1.91. The zero-order valence-electron chi connectivity index (χ0n) is 9.28. The van der Waals surface area contributed by atoms with Gasteiger partial charge in [-0.25, -0.2) is 0 Å². The van der Waals surface area contributed by atoms with Gasteiger partial charge in [-0.05, 0) is 28.1 Å². The van der Waals surface area contributed by atoms with Gasteiger partial charge >= 0.3 is 0 Å². The lowest BCUT2D eigenvalue weighted by Crippen LogP contribution is -2.14. The summed E-state index contributed by atoms with van der Waals surface area (Å²) in [5, 5.41) is 9.00. The molecule has 0 spiro atoms. The molecule has 0 aliphatic heterocycles. The molecule has 0 unspecified atom stereocenters. The second kappa shape index (κ2) is 7.12. The third-order valence-corrected chi connectivity index (χ3v) is 2.54. The summed E-state index contributed by atoms with van der Waals surface area (Å²) >= 11 is 3.35. The molecule has 0 saturated carbocycles. The molecule has 0 radical (unpaired) electrons. The summed E-state index contributed by atoms with van der Waals surface area (Å²) in [6, 6.07) is 5.44. The van der Waals surface area contributed by atoms with Crippen LogP contribution in [0.15, 0.2) is 16.6 Å². The minimum absolute atomic E-state index is 0.324. The fraction of sp³-hybridized carbons (Fsp3) is 0.364. The molecule has 0 amide bonds.